The van der Waals surface area contributed by atoms with Gasteiger partial charge in [-0.3, -0.25) is 0 Å². The zero-order chi connectivity index (χ0) is 25.7. The smallest absolute Gasteiger partial charge is 0.355 e. The van der Waals surface area contributed by atoms with E-state index in [9.17, 15) is 14.4 Å². The van der Waals surface area contributed by atoms with E-state index in [1.54, 1.807) is 30.0 Å². The van der Waals surface area contributed by atoms with Crippen LogP contribution in [0, 0.1) is 0 Å². The van der Waals surface area contributed by atoms with Gasteiger partial charge in [0, 0.05) is 16.8 Å². The lowest BCUT2D eigenvalue weighted by molar-refractivity contribution is -0.140. The second-order valence-electron chi connectivity index (χ2n) is 7.55. The Morgan fingerprint density at radius 2 is 1.69 bits per heavy atom. The summed E-state index contributed by atoms with van der Waals surface area (Å²) in [6, 6.07) is 16.6. The van der Waals surface area contributed by atoms with Gasteiger partial charge < -0.3 is 23.8 Å². The minimum absolute atomic E-state index is 0.0234. The molecule has 2 heterocycles. The van der Waals surface area contributed by atoms with Crippen LogP contribution in [0.5, 0.6) is 0 Å². The van der Waals surface area contributed by atoms with E-state index in [0.29, 0.717) is 26.8 Å². The molecule has 0 bridgehead atoms. The topological polar surface area (TPSA) is 104 Å². The second kappa shape index (κ2) is 11.1. The van der Waals surface area contributed by atoms with Gasteiger partial charge in [0.15, 0.2) is 0 Å². The predicted octanol–water partition coefficient (Wildman–Crippen LogP) is 4.05. The van der Waals surface area contributed by atoms with E-state index in [-0.39, 0.29) is 31.2 Å². The lowest BCUT2D eigenvalue weighted by atomic mass is 10.1. The van der Waals surface area contributed by atoms with Crippen molar-refractivity contribution in [2.24, 2.45) is 0 Å². The predicted molar refractivity (Wildman–Crippen MR) is 133 cm³/mol. The standard InChI is InChI=1S/C26H24N2O7S/c1-4-35-26(31)22-20(16-9-6-5-7-10-16)27-23(36-22)17-11-8-12-18(13-17)28-15-34-14-19(24(29)32-2)21(28)25(30)33-3/h5-13H,4,14-15H2,1-3H3. The summed E-state index contributed by atoms with van der Waals surface area (Å²) in [7, 11) is 2.48. The molecule has 0 fully saturated rings. The van der Waals surface area contributed by atoms with Crippen LogP contribution in [0.15, 0.2) is 65.9 Å². The molecule has 0 spiro atoms. The molecule has 0 saturated heterocycles. The Labute approximate surface area is 211 Å². The average molecular weight is 509 g/mol. The third-order valence-corrected chi connectivity index (χ3v) is 6.46. The molecule has 36 heavy (non-hydrogen) atoms. The van der Waals surface area contributed by atoms with Crippen molar-refractivity contribution in [3.8, 4) is 21.8 Å². The van der Waals surface area contributed by atoms with Crippen LogP contribution in [0.2, 0.25) is 0 Å². The molecule has 0 N–H and O–H groups in total. The molecule has 0 unspecified atom stereocenters. The largest absolute Gasteiger partial charge is 0.466 e. The van der Waals surface area contributed by atoms with Crippen molar-refractivity contribution in [2.45, 2.75) is 6.92 Å². The number of hydrogen-bond donors (Lipinski definition) is 0. The first-order valence-corrected chi connectivity index (χ1v) is 11.9. The number of ether oxygens (including phenoxy) is 4. The van der Waals surface area contributed by atoms with Gasteiger partial charge in [-0.2, -0.15) is 0 Å². The summed E-state index contributed by atoms with van der Waals surface area (Å²) >= 11 is 1.22. The lowest BCUT2D eigenvalue weighted by Crippen LogP contribution is -2.38. The lowest BCUT2D eigenvalue weighted by Gasteiger charge is -2.31. The Morgan fingerprint density at radius 3 is 2.39 bits per heavy atom. The van der Waals surface area contributed by atoms with Gasteiger partial charge >= 0.3 is 17.9 Å². The van der Waals surface area contributed by atoms with E-state index >= 15 is 0 Å². The number of methoxy groups -OCH3 is 2. The van der Waals surface area contributed by atoms with E-state index in [1.165, 1.54) is 25.6 Å². The fourth-order valence-corrected chi connectivity index (χ4v) is 4.70. The van der Waals surface area contributed by atoms with Crippen LogP contribution < -0.4 is 4.90 Å². The van der Waals surface area contributed by atoms with Gasteiger partial charge in [0.25, 0.3) is 0 Å². The fraction of sp³-hybridized carbons (Fsp3) is 0.231. The Bertz CT molecular complexity index is 1320. The summed E-state index contributed by atoms with van der Waals surface area (Å²) in [5, 5.41) is 0.591. The molecule has 3 aromatic rings. The Kier molecular flexibility index (Phi) is 7.77. The Morgan fingerprint density at radius 1 is 0.972 bits per heavy atom. The highest BCUT2D eigenvalue weighted by atomic mass is 32.1. The summed E-state index contributed by atoms with van der Waals surface area (Å²) in [6.07, 6.45) is 0. The van der Waals surface area contributed by atoms with E-state index in [4.69, 9.17) is 23.9 Å². The van der Waals surface area contributed by atoms with Crippen LogP contribution in [0.25, 0.3) is 21.8 Å². The number of carbonyl (C=O) groups is 3. The number of aromatic nitrogens is 1. The van der Waals surface area contributed by atoms with Crippen LogP contribution >= 0.6 is 11.3 Å². The van der Waals surface area contributed by atoms with Crippen molar-refractivity contribution in [2.75, 3.05) is 39.1 Å². The number of thiazole rings is 1. The number of nitrogens with zero attached hydrogens (tertiary/aromatic N) is 2. The van der Waals surface area contributed by atoms with E-state index in [0.717, 1.165) is 5.56 Å². The van der Waals surface area contributed by atoms with Crippen molar-refractivity contribution in [1.29, 1.82) is 0 Å². The Balaban J connectivity index is 1.79. The summed E-state index contributed by atoms with van der Waals surface area (Å²) in [6.45, 7) is 1.94. The van der Waals surface area contributed by atoms with Crippen LogP contribution in [0.4, 0.5) is 5.69 Å². The van der Waals surface area contributed by atoms with E-state index in [2.05, 4.69) is 0 Å². The molecule has 1 aromatic heterocycles. The Hall–Kier alpha value is -4.02. The molecule has 0 amide bonds. The highest BCUT2D eigenvalue weighted by molar-refractivity contribution is 7.17. The first-order valence-electron chi connectivity index (χ1n) is 11.1. The monoisotopic (exact) mass is 508 g/mol. The normalized spacial score (nSPS) is 13.4. The van der Waals surface area contributed by atoms with Gasteiger partial charge in [-0.25, -0.2) is 19.4 Å². The molecule has 1 aliphatic rings. The minimum atomic E-state index is -0.686. The van der Waals surface area contributed by atoms with Crippen LogP contribution in [0.1, 0.15) is 16.6 Å². The first-order chi connectivity index (χ1) is 17.5. The molecule has 186 valence electrons. The number of anilines is 1. The van der Waals surface area contributed by atoms with Crippen molar-refractivity contribution in [3.63, 3.8) is 0 Å². The van der Waals surface area contributed by atoms with Gasteiger partial charge in [-0.1, -0.05) is 42.5 Å². The number of rotatable bonds is 7. The van der Waals surface area contributed by atoms with Crippen LogP contribution in [-0.4, -0.2) is 57.1 Å². The molecule has 0 radical (unpaired) electrons. The van der Waals surface area contributed by atoms with Crippen LogP contribution in [-0.2, 0) is 28.5 Å². The van der Waals surface area contributed by atoms with E-state index < -0.39 is 17.9 Å². The molecule has 4 rings (SSSR count). The third kappa shape index (κ3) is 5.00. The number of esters is 3. The second-order valence-corrected chi connectivity index (χ2v) is 8.55. The molecule has 0 aliphatic carbocycles. The van der Waals surface area contributed by atoms with E-state index in [1.807, 2.05) is 36.4 Å². The summed E-state index contributed by atoms with van der Waals surface area (Å²) in [5.41, 5.74) is 2.71. The summed E-state index contributed by atoms with van der Waals surface area (Å²) in [4.78, 5) is 44.3. The molecule has 0 atom stereocenters. The number of hydrogen-bond acceptors (Lipinski definition) is 10. The van der Waals surface area contributed by atoms with Crippen molar-refractivity contribution in [3.05, 3.63) is 70.7 Å². The summed E-state index contributed by atoms with van der Waals surface area (Å²) in [5.74, 6) is -1.81. The SMILES string of the molecule is CCOC(=O)c1sc(-c2cccc(N3COCC(C(=O)OC)=C3C(=O)OC)c2)nc1-c1ccccc1. The van der Waals surface area contributed by atoms with Crippen molar-refractivity contribution >= 4 is 34.9 Å². The summed E-state index contributed by atoms with van der Waals surface area (Å²) < 4.78 is 20.6. The van der Waals surface area contributed by atoms with Gasteiger partial charge in [0.2, 0.25) is 0 Å². The fourth-order valence-electron chi connectivity index (χ4n) is 3.72. The maximum absolute atomic E-state index is 12.7. The zero-order valence-electron chi connectivity index (χ0n) is 20.0. The van der Waals surface area contributed by atoms with Crippen LogP contribution in [0.3, 0.4) is 0 Å². The van der Waals surface area contributed by atoms with Crippen molar-refractivity contribution < 1.29 is 33.3 Å². The zero-order valence-corrected chi connectivity index (χ0v) is 20.8. The highest BCUT2D eigenvalue weighted by Gasteiger charge is 2.32. The van der Waals surface area contributed by atoms with Crippen molar-refractivity contribution in [1.82, 2.24) is 4.98 Å². The average Bonchev–Trinajstić information content (AvgIpc) is 3.38. The molecule has 0 saturated carbocycles. The third-order valence-electron chi connectivity index (χ3n) is 5.37. The molecule has 9 nitrogen and oxygen atoms in total. The number of carbonyl (C=O) groups excluding carboxylic acids is 3. The molecule has 2 aromatic carbocycles. The highest BCUT2D eigenvalue weighted by Crippen LogP contribution is 2.36. The minimum Gasteiger partial charge on any atom is -0.466 e. The van der Waals surface area contributed by atoms with Gasteiger partial charge in [-0.05, 0) is 19.1 Å². The number of benzene rings is 2. The maximum atomic E-state index is 12.7. The van der Waals surface area contributed by atoms with Gasteiger partial charge in [0.1, 0.15) is 22.3 Å². The molecule has 1 aliphatic heterocycles. The molecular formula is C26H24N2O7S. The molecule has 10 heteroatoms. The van der Waals surface area contributed by atoms with Gasteiger partial charge in [0.05, 0.1) is 38.7 Å². The first kappa shape index (κ1) is 25.1. The van der Waals surface area contributed by atoms with Gasteiger partial charge in [-0.15, -0.1) is 11.3 Å². The quantitative estimate of drug-likeness (QED) is 0.345. The maximum Gasteiger partial charge on any atom is 0.355 e. The molecular weight excluding hydrogens is 484 g/mol.